The average Bonchev–Trinajstić information content (AvgIpc) is 2.51. The fourth-order valence-electron chi connectivity index (χ4n) is 1.87. The van der Waals surface area contributed by atoms with Crippen molar-refractivity contribution in [2.24, 2.45) is 0 Å². The fraction of sp³-hybridized carbons (Fsp3) is 0.235. The summed E-state index contributed by atoms with van der Waals surface area (Å²) >= 11 is 9.19. The van der Waals surface area contributed by atoms with Gasteiger partial charge in [0, 0.05) is 16.5 Å². The van der Waals surface area contributed by atoms with E-state index in [1.807, 2.05) is 36.4 Å². The van der Waals surface area contributed by atoms with Gasteiger partial charge in [0.1, 0.15) is 12.4 Å². The van der Waals surface area contributed by atoms with Gasteiger partial charge >= 0.3 is 0 Å². The molecule has 22 heavy (non-hydrogen) atoms. The van der Waals surface area contributed by atoms with Crippen molar-refractivity contribution in [3.63, 3.8) is 0 Å². The zero-order valence-corrected chi connectivity index (χ0v) is 14.6. The van der Waals surface area contributed by atoms with Crippen molar-refractivity contribution in [2.75, 3.05) is 20.2 Å². The van der Waals surface area contributed by atoms with Gasteiger partial charge in [-0.3, -0.25) is 4.79 Å². The predicted octanol–water partition coefficient (Wildman–Crippen LogP) is 4.18. The van der Waals surface area contributed by atoms with E-state index in [4.69, 9.17) is 16.3 Å². The van der Waals surface area contributed by atoms with Crippen LogP contribution in [0.3, 0.4) is 0 Å². The van der Waals surface area contributed by atoms with E-state index in [9.17, 15) is 4.79 Å². The van der Waals surface area contributed by atoms with Crippen LogP contribution in [0.2, 0.25) is 5.02 Å². The van der Waals surface area contributed by atoms with Crippen LogP contribution in [0.1, 0.15) is 5.56 Å². The van der Waals surface area contributed by atoms with Gasteiger partial charge < -0.3 is 9.64 Å². The first-order valence-corrected chi connectivity index (χ1v) is 8.08. The summed E-state index contributed by atoms with van der Waals surface area (Å²) in [5.41, 5.74) is 0.999. The first kappa shape index (κ1) is 16.8. The van der Waals surface area contributed by atoms with Crippen LogP contribution < -0.4 is 4.74 Å². The normalized spacial score (nSPS) is 10.3. The lowest BCUT2D eigenvalue weighted by Gasteiger charge is -2.17. The van der Waals surface area contributed by atoms with Gasteiger partial charge in [0.25, 0.3) is 0 Å². The van der Waals surface area contributed by atoms with Gasteiger partial charge in [-0.25, -0.2) is 0 Å². The van der Waals surface area contributed by atoms with Crippen LogP contribution in [-0.2, 0) is 11.2 Å². The van der Waals surface area contributed by atoms with Gasteiger partial charge in [-0.15, -0.1) is 0 Å². The monoisotopic (exact) mass is 381 g/mol. The van der Waals surface area contributed by atoms with Crippen LogP contribution in [0.4, 0.5) is 0 Å². The van der Waals surface area contributed by atoms with E-state index in [1.54, 1.807) is 24.1 Å². The minimum Gasteiger partial charge on any atom is -0.492 e. The topological polar surface area (TPSA) is 29.5 Å². The van der Waals surface area contributed by atoms with Crippen LogP contribution in [0.25, 0.3) is 0 Å². The van der Waals surface area contributed by atoms with E-state index in [0.29, 0.717) is 24.6 Å². The third-order valence-corrected chi connectivity index (χ3v) is 3.98. The standard InChI is InChI=1S/C17H17BrClNO2/c1-20(10-11-22-16-8-6-15(19)7-9-16)17(21)12-13-2-4-14(18)5-3-13/h2-9H,10-12H2,1H3. The Balaban J connectivity index is 1.76. The fourth-order valence-corrected chi connectivity index (χ4v) is 2.26. The first-order valence-electron chi connectivity index (χ1n) is 6.91. The van der Waals surface area contributed by atoms with Crippen LogP contribution in [-0.4, -0.2) is 31.0 Å². The van der Waals surface area contributed by atoms with Crippen molar-refractivity contribution in [3.8, 4) is 5.75 Å². The maximum Gasteiger partial charge on any atom is 0.226 e. The molecule has 5 heteroatoms. The minimum atomic E-state index is 0.0713. The number of nitrogens with zero attached hydrogens (tertiary/aromatic N) is 1. The molecule has 0 N–H and O–H groups in total. The van der Waals surface area contributed by atoms with Gasteiger partial charge in [0.15, 0.2) is 0 Å². The maximum absolute atomic E-state index is 12.1. The number of hydrogen-bond donors (Lipinski definition) is 0. The molecule has 0 spiro atoms. The van der Waals surface area contributed by atoms with Crippen molar-refractivity contribution in [3.05, 3.63) is 63.6 Å². The Morgan fingerprint density at radius 3 is 2.41 bits per heavy atom. The molecule has 0 heterocycles. The molecule has 0 bridgehead atoms. The molecule has 0 aliphatic carbocycles. The molecule has 0 saturated carbocycles. The van der Waals surface area contributed by atoms with E-state index in [1.165, 1.54) is 0 Å². The van der Waals surface area contributed by atoms with Crippen LogP contribution >= 0.6 is 27.5 Å². The number of ether oxygens (including phenoxy) is 1. The molecule has 116 valence electrons. The molecule has 0 aliphatic rings. The third kappa shape index (κ3) is 5.35. The first-order chi connectivity index (χ1) is 10.5. The van der Waals surface area contributed by atoms with E-state index in [2.05, 4.69) is 15.9 Å². The lowest BCUT2D eigenvalue weighted by Crippen LogP contribution is -2.32. The Kier molecular flexibility index (Phi) is 6.28. The van der Waals surface area contributed by atoms with Gasteiger partial charge in [-0.05, 0) is 42.0 Å². The van der Waals surface area contributed by atoms with Crippen molar-refractivity contribution >= 4 is 33.4 Å². The molecule has 0 radical (unpaired) electrons. The second-order valence-electron chi connectivity index (χ2n) is 4.92. The van der Waals surface area contributed by atoms with E-state index in [0.717, 1.165) is 15.8 Å². The van der Waals surface area contributed by atoms with Gasteiger partial charge in [0.2, 0.25) is 5.91 Å². The molecular weight excluding hydrogens is 366 g/mol. The minimum absolute atomic E-state index is 0.0713. The zero-order valence-electron chi connectivity index (χ0n) is 12.3. The van der Waals surface area contributed by atoms with E-state index < -0.39 is 0 Å². The Morgan fingerprint density at radius 2 is 1.77 bits per heavy atom. The molecule has 0 unspecified atom stereocenters. The highest BCUT2D eigenvalue weighted by molar-refractivity contribution is 9.10. The predicted molar refractivity (Wildman–Crippen MR) is 92.4 cm³/mol. The molecule has 2 rings (SSSR count). The lowest BCUT2D eigenvalue weighted by molar-refractivity contribution is -0.129. The van der Waals surface area contributed by atoms with Crippen LogP contribution in [0, 0.1) is 0 Å². The number of rotatable bonds is 6. The number of hydrogen-bond acceptors (Lipinski definition) is 2. The number of amides is 1. The number of likely N-dealkylation sites (N-methyl/N-ethyl adjacent to an activating group) is 1. The molecule has 0 saturated heterocycles. The molecule has 0 fully saturated rings. The highest BCUT2D eigenvalue weighted by atomic mass is 79.9. The summed E-state index contributed by atoms with van der Waals surface area (Å²) in [4.78, 5) is 13.8. The molecule has 2 aromatic carbocycles. The summed E-state index contributed by atoms with van der Waals surface area (Å²) in [7, 11) is 1.78. The van der Waals surface area contributed by atoms with Crippen molar-refractivity contribution in [1.29, 1.82) is 0 Å². The number of carbonyl (C=O) groups excluding carboxylic acids is 1. The summed E-state index contributed by atoms with van der Waals surface area (Å²) in [6, 6.07) is 14.9. The zero-order chi connectivity index (χ0) is 15.9. The van der Waals surface area contributed by atoms with Gasteiger partial charge in [-0.1, -0.05) is 39.7 Å². The molecule has 0 aliphatic heterocycles. The smallest absolute Gasteiger partial charge is 0.226 e. The number of benzene rings is 2. The second kappa shape index (κ2) is 8.20. The summed E-state index contributed by atoms with van der Waals surface area (Å²) in [6.45, 7) is 0.988. The largest absolute Gasteiger partial charge is 0.492 e. The Hall–Kier alpha value is -1.52. The van der Waals surface area contributed by atoms with Crippen LogP contribution in [0.15, 0.2) is 53.0 Å². The maximum atomic E-state index is 12.1. The Bertz CT molecular complexity index is 614. The second-order valence-corrected chi connectivity index (χ2v) is 6.27. The molecular formula is C17H17BrClNO2. The SMILES string of the molecule is CN(CCOc1ccc(Cl)cc1)C(=O)Cc1ccc(Br)cc1. The average molecular weight is 383 g/mol. The van der Waals surface area contributed by atoms with Gasteiger partial charge in [-0.2, -0.15) is 0 Å². The molecule has 0 atom stereocenters. The summed E-state index contributed by atoms with van der Waals surface area (Å²) < 4.78 is 6.60. The Labute approximate surface area is 144 Å². The lowest BCUT2D eigenvalue weighted by atomic mass is 10.1. The van der Waals surface area contributed by atoms with Gasteiger partial charge in [0.05, 0.1) is 13.0 Å². The van der Waals surface area contributed by atoms with E-state index >= 15 is 0 Å². The summed E-state index contributed by atoms with van der Waals surface area (Å²) in [5.74, 6) is 0.820. The van der Waals surface area contributed by atoms with Crippen LogP contribution in [0.5, 0.6) is 5.75 Å². The van der Waals surface area contributed by atoms with Crippen molar-refractivity contribution in [1.82, 2.24) is 4.90 Å². The number of halogens is 2. The third-order valence-electron chi connectivity index (χ3n) is 3.20. The summed E-state index contributed by atoms with van der Waals surface area (Å²) in [5, 5.41) is 0.675. The Morgan fingerprint density at radius 1 is 1.14 bits per heavy atom. The molecule has 1 amide bonds. The summed E-state index contributed by atoms with van der Waals surface area (Å²) in [6.07, 6.45) is 0.394. The molecule has 2 aromatic rings. The highest BCUT2D eigenvalue weighted by Gasteiger charge is 2.09. The quantitative estimate of drug-likeness (QED) is 0.750. The highest BCUT2D eigenvalue weighted by Crippen LogP contribution is 2.15. The van der Waals surface area contributed by atoms with Crippen molar-refractivity contribution in [2.45, 2.75) is 6.42 Å². The van der Waals surface area contributed by atoms with E-state index in [-0.39, 0.29) is 5.91 Å². The van der Waals surface area contributed by atoms with Crippen molar-refractivity contribution < 1.29 is 9.53 Å². The number of carbonyl (C=O) groups is 1. The molecule has 0 aromatic heterocycles. The molecule has 3 nitrogen and oxygen atoms in total.